The predicted octanol–water partition coefficient (Wildman–Crippen LogP) is 2.89. The van der Waals surface area contributed by atoms with Crippen molar-refractivity contribution in [2.45, 2.75) is 18.9 Å². The second kappa shape index (κ2) is 4.61. The van der Waals surface area contributed by atoms with E-state index in [-0.39, 0.29) is 5.91 Å². The van der Waals surface area contributed by atoms with E-state index >= 15 is 0 Å². The van der Waals surface area contributed by atoms with Crippen molar-refractivity contribution in [2.75, 3.05) is 4.90 Å². The fraction of sp³-hybridized carbons (Fsp3) is 0.200. The number of anilines is 1. The molecule has 1 aromatic carbocycles. The van der Waals surface area contributed by atoms with Crippen LogP contribution in [0.3, 0.4) is 0 Å². The maximum atomic E-state index is 12.5. The van der Waals surface area contributed by atoms with Crippen molar-refractivity contribution in [2.24, 2.45) is 0 Å². The molecule has 0 spiro atoms. The van der Waals surface area contributed by atoms with Crippen LogP contribution >= 0.6 is 0 Å². The molecule has 0 radical (unpaired) electrons. The maximum Gasteiger partial charge on any atom is 0.259 e. The van der Waals surface area contributed by atoms with Crippen LogP contribution in [0.1, 0.15) is 23.2 Å². The van der Waals surface area contributed by atoms with E-state index in [0.717, 1.165) is 24.2 Å². The van der Waals surface area contributed by atoms with Crippen LogP contribution in [0.15, 0.2) is 54.7 Å². The van der Waals surface area contributed by atoms with Gasteiger partial charge in [0.05, 0.1) is 0 Å². The van der Waals surface area contributed by atoms with Gasteiger partial charge in [0.25, 0.3) is 5.91 Å². The van der Waals surface area contributed by atoms with Gasteiger partial charge in [0.15, 0.2) is 0 Å². The lowest BCUT2D eigenvalue weighted by Crippen LogP contribution is -2.33. The Hall–Kier alpha value is -2.16. The highest BCUT2D eigenvalue weighted by molar-refractivity contribution is 6.06. The van der Waals surface area contributed by atoms with Crippen LogP contribution in [-0.2, 0) is 0 Å². The van der Waals surface area contributed by atoms with Gasteiger partial charge in [-0.25, -0.2) is 4.98 Å². The molecule has 1 aromatic heterocycles. The summed E-state index contributed by atoms with van der Waals surface area (Å²) >= 11 is 0. The van der Waals surface area contributed by atoms with Gasteiger partial charge in [-0.1, -0.05) is 24.3 Å². The van der Waals surface area contributed by atoms with Crippen molar-refractivity contribution < 1.29 is 4.79 Å². The normalized spacial score (nSPS) is 14.2. The Labute approximate surface area is 106 Å². The van der Waals surface area contributed by atoms with Gasteiger partial charge in [0, 0.05) is 17.8 Å². The van der Waals surface area contributed by atoms with E-state index in [0.29, 0.717) is 6.04 Å². The zero-order chi connectivity index (χ0) is 12.4. The van der Waals surface area contributed by atoms with Crippen molar-refractivity contribution in [3.8, 4) is 0 Å². The minimum Gasteiger partial charge on any atom is -0.290 e. The average Bonchev–Trinajstić information content (AvgIpc) is 3.26. The minimum absolute atomic E-state index is 0.0387. The Kier molecular flexibility index (Phi) is 2.81. The smallest absolute Gasteiger partial charge is 0.259 e. The van der Waals surface area contributed by atoms with Crippen molar-refractivity contribution in [1.29, 1.82) is 0 Å². The molecule has 1 aliphatic carbocycles. The molecule has 1 aliphatic rings. The quantitative estimate of drug-likeness (QED) is 0.823. The van der Waals surface area contributed by atoms with Crippen LogP contribution in [0.2, 0.25) is 0 Å². The summed E-state index contributed by atoms with van der Waals surface area (Å²) in [5.41, 5.74) is 0.718. The molecule has 0 atom stereocenters. The Bertz CT molecular complexity index is 535. The van der Waals surface area contributed by atoms with Gasteiger partial charge < -0.3 is 0 Å². The van der Waals surface area contributed by atoms with E-state index in [4.69, 9.17) is 0 Å². The van der Waals surface area contributed by atoms with E-state index in [1.165, 1.54) is 0 Å². The minimum atomic E-state index is 0.0387. The largest absolute Gasteiger partial charge is 0.290 e. The third-order valence-electron chi connectivity index (χ3n) is 3.05. The first-order chi connectivity index (χ1) is 8.86. The molecule has 0 aliphatic heterocycles. The SMILES string of the molecule is O=C(c1ccccc1)N(c1ccccn1)C1CC1. The van der Waals surface area contributed by atoms with Crippen molar-refractivity contribution in [3.63, 3.8) is 0 Å². The van der Waals surface area contributed by atoms with Gasteiger partial charge in [-0.05, 0) is 37.1 Å². The third kappa shape index (κ3) is 2.12. The maximum absolute atomic E-state index is 12.5. The molecule has 0 saturated heterocycles. The first-order valence-electron chi connectivity index (χ1n) is 6.16. The number of hydrogen-bond donors (Lipinski definition) is 0. The van der Waals surface area contributed by atoms with Gasteiger partial charge >= 0.3 is 0 Å². The van der Waals surface area contributed by atoms with Crippen LogP contribution in [0.5, 0.6) is 0 Å². The van der Waals surface area contributed by atoms with Gasteiger partial charge in [0.2, 0.25) is 0 Å². The number of benzene rings is 1. The number of amides is 1. The Morgan fingerprint density at radius 2 is 1.78 bits per heavy atom. The molecule has 2 aromatic rings. The molecule has 18 heavy (non-hydrogen) atoms. The van der Waals surface area contributed by atoms with E-state index in [1.807, 2.05) is 53.4 Å². The number of rotatable bonds is 3. The van der Waals surface area contributed by atoms with Crippen LogP contribution in [0.4, 0.5) is 5.82 Å². The van der Waals surface area contributed by atoms with Crippen LogP contribution < -0.4 is 4.90 Å². The van der Waals surface area contributed by atoms with Crippen LogP contribution in [0, 0.1) is 0 Å². The first kappa shape index (κ1) is 11.0. The van der Waals surface area contributed by atoms with E-state index in [9.17, 15) is 4.79 Å². The number of carbonyl (C=O) groups excluding carboxylic acids is 1. The fourth-order valence-electron chi connectivity index (χ4n) is 2.01. The molecule has 90 valence electrons. The summed E-state index contributed by atoms with van der Waals surface area (Å²) in [5.74, 6) is 0.783. The molecule has 0 N–H and O–H groups in total. The Morgan fingerprint density at radius 1 is 1.06 bits per heavy atom. The Morgan fingerprint density at radius 3 is 2.39 bits per heavy atom. The van der Waals surface area contributed by atoms with E-state index in [2.05, 4.69) is 4.98 Å². The van der Waals surface area contributed by atoms with Crippen LogP contribution in [0.25, 0.3) is 0 Å². The molecule has 1 saturated carbocycles. The van der Waals surface area contributed by atoms with Gasteiger partial charge in [0.1, 0.15) is 5.82 Å². The predicted molar refractivity (Wildman–Crippen MR) is 70.5 cm³/mol. The highest BCUT2D eigenvalue weighted by Gasteiger charge is 2.34. The summed E-state index contributed by atoms with van der Waals surface area (Å²) < 4.78 is 0. The summed E-state index contributed by atoms with van der Waals surface area (Å²) in [6, 6.07) is 15.4. The highest BCUT2D eigenvalue weighted by atomic mass is 16.2. The van der Waals surface area contributed by atoms with Gasteiger partial charge in [-0.3, -0.25) is 9.69 Å². The molecule has 0 unspecified atom stereocenters. The molecule has 3 rings (SSSR count). The molecular weight excluding hydrogens is 224 g/mol. The van der Waals surface area contributed by atoms with Crippen molar-refractivity contribution in [3.05, 3.63) is 60.3 Å². The zero-order valence-corrected chi connectivity index (χ0v) is 9.99. The molecule has 1 fully saturated rings. The number of nitrogens with zero attached hydrogens (tertiary/aromatic N) is 2. The molecule has 1 heterocycles. The second-order valence-electron chi connectivity index (χ2n) is 4.46. The third-order valence-corrected chi connectivity index (χ3v) is 3.05. The highest BCUT2D eigenvalue weighted by Crippen LogP contribution is 2.31. The number of pyridine rings is 1. The summed E-state index contributed by atoms with van der Waals surface area (Å²) in [5, 5.41) is 0. The second-order valence-corrected chi connectivity index (χ2v) is 4.46. The number of carbonyl (C=O) groups is 1. The fourth-order valence-corrected chi connectivity index (χ4v) is 2.01. The molecular formula is C15H14N2O. The standard InChI is InChI=1S/C15H14N2O/c18-15(12-6-2-1-3-7-12)17(13-9-10-13)14-8-4-5-11-16-14/h1-8,11,13H,9-10H2. The topological polar surface area (TPSA) is 33.2 Å². The van der Waals surface area contributed by atoms with E-state index < -0.39 is 0 Å². The average molecular weight is 238 g/mol. The lowest BCUT2D eigenvalue weighted by Gasteiger charge is -2.21. The van der Waals surface area contributed by atoms with Gasteiger partial charge in [-0.15, -0.1) is 0 Å². The molecule has 3 heteroatoms. The lowest BCUT2D eigenvalue weighted by molar-refractivity contribution is 0.0984. The molecule has 1 amide bonds. The number of hydrogen-bond acceptors (Lipinski definition) is 2. The van der Waals surface area contributed by atoms with Crippen molar-refractivity contribution >= 4 is 11.7 Å². The van der Waals surface area contributed by atoms with E-state index in [1.54, 1.807) is 6.20 Å². The molecule has 0 bridgehead atoms. The van der Waals surface area contributed by atoms with Crippen molar-refractivity contribution in [1.82, 2.24) is 4.98 Å². The summed E-state index contributed by atoms with van der Waals surface area (Å²) in [7, 11) is 0. The molecule has 3 nitrogen and oxygen atoms in total. The zero-order valence-electron chi connectivity index (χ0n) is 9.99. The summed E-state index contributed by atoms with van der Waals surface area (Å²) in [4.78, 5) is 18.6. The summed E-state index contributed by atoms with van der Waals surface area (Å²) in [6.45, 7) is 0. The van der Waals surface area contributed by atoms with Crippen LogP contribution in [-0.4, -0.2) is 16.9 Å². The monoisotopic (exact) mass is 238 g/mol. The summed E-state index contributed by atoms with van der Waals surface area (Å²) in [6.07, 6.45) is 3.85. The van der Waals surface area contributed by atoms with Gasteiger partial charge in [-0.2, -0.15) is 0 Å². The lowest BCUT2D eigenvalue weighted by atomic mass is 10.2. The number of aromatic nitrogens is 1. The first-order valence-corrected chi connectivity index (χ1v) is 6.16. The Balaban J connectivity index is 1.94.